The SMILES string of the molecule is Nc1ccc(SCc2ccc(F)c(F)c2)c(Cl)c1. The van der Waals surface area contributed by atoms with E-state index in [9.17, 15) is 8.78 Å². The molecule has 0 heterocycles. The van der Waals surface area contributed by atoms with Crippen LogP contribution in [0.2, 0.25) is 5.02 Å². The first-order valence-electron chi connectivity index (χ1n) is 5.18. The lowest BCUT2D eigenvalue weighted by Gasteiger charge is -2.05. The van der Waals surface area contributed by atoms with Gasteiger partial charge in [-0.3, -0.25) is 0 Å². The molecule has 0 radical (unpaired) electrons. The molecule has 5 heteroatoms. The summed E-state index contributed by atoms with van der Waals surface area (Å²) in [7, 11) is 0. The van der Waals surface area contributed by atoms with Crippen molar-refractivity contribution >= 4 is 29.1 Å². The summed E-state index contributed by atoms with van der Waals surface area (Å²) in [5.41, 5.74) is 6.88. The number of nitrogens with two attached hydrogens (primary N) is 1. The molecule has 0 aliphatic rings. The zero-order chi connectivity index (χ0) is 13.1. The van der Waals surface area contributed by atoms with Gasteiger partial charge in [-0.15, -0.1) is 11.8 Å². The van der Waals surface area contributed by atoms with Gasteiger partial charge in [0.25, 0.3) is 0 Å². The van der Waals surface area contributed by atoms with E-state index in [-0.39, 0.29) is 0 Å². The van der Waals surface area contributed by atoms with Gasteiger partial charge in [-0.1, -0.05) is 17.7 Å². The fraction of sp³-hybridized carbons (Fsp3) is 0.0769. The smallest absolute Gasteiger partial charge is 0.159 e. The quantitative estimate of drug-likeness (QED) is 0.664. The zero-order valence-electron chi connectivity index (χ0n) is 9.29. The Morgan fingerprint density at radius 1 is 1.06 bits per heavy atom. The molecule has 2 aromatic carbocycles. The highest BCUT2D eigenvalue weighted by atomic mass is 35.5. The highest BCUT2D eigenvalue weighted by Gasteiger charge is 2.05. The molecule has 2 rings (SSSR count). The van der Waals surface area contributed by atoms with Gasteiger partial charge in [-0.05, 0) is 35.9 Å². The van der Waals surface area contributed by atoms with Crippen LogP contribution < -0.4 is 5.73 Å². The van der Waals surface area contributed by atoms with E-state index in [1.165, 1.54) is 17.8 Å². The molecule has 18 heavy (non-hydrogen) atoms. The molecule has 0 fully saturated rings. The molecule has 0 bridgehead atoms. The average molecular weight is 286 g/mol. The lowest BCUT2D eigenvalue weighted by atomic mass is 10.2. The zero-order valence-corrected chi connectivity index (χ0v) is 10.9. The van der Waals surface area contributed by atoms with Gasteiger partial charge in [0.1, 0.15) is 0 Å². The molecule has 0 spiro atoms. The molecule has 0 amide bonds. The van der Waals surface area contributed by atoms with E-state index in [0.29, 0.717) is 22.0 Å². The summed E-state index contributed by atoms with van der Waals surface area (Å²) in [5, 5.41) is 0.558. The van der Waals surface area contributed by atoms with Crippen molar-refractivity contribution in [1.29, 1.82) is 0 Å². The summed E-state index contributed by atoms with van der Waals surface area (Å²) < 4.78 is 25.8. The Balaban J connectivity index is 2.09. The number of benzene rings is 2. The molecule has 1 nitrogen and oxygen atoms in total. The normalized spacial score (nSPS) is 10.6. The van der Waals surface area contributed by atoms with Crippen LogP contribution in [0.3, 0.4) is 0 Å². The van der Waals surface area contributed by atoms with Crippen molar-refractivity contribution in [2.45, 2.75) is 10.6 Å². The molecule has 94 valence electrons. The van der Waals surface area contributed by atoms with E-state index in [1.54, 1.807) is 18.2 Å². The number of nitrogen functional groups attached to an aromatic ring is 1. The topological polar surface area (TPSA) is 26.0 Å². The van der Waals surface area contributed by atoms with Crippen LogP contribution in [0.15, 0.2) is 41.3 Å². The molecule has 0 aliphatic heterocycles. The molecule has 2 N–H and O–H groups in total. The maximum atomic E-state index is 13.0. The molecule has 0 unspecified atom stereocenters. The predicted octanol–water partition coefficient (Wildman–Crippen LogP) is 4.49. The van der Waals surface area contributed by atoms with Crippen molar-refractivity contribution in [3.8, 4) is 0 Å². The van der Waals surface area contributed by atoms with Crippen LogP contribution in [0, 0.1) is 11.6 Å². The van der Waals surface area contributed by atoms with Crippen molar-refractivity contribution in [1.82, 2.24) is 0 Å². The molecule has 2 aromatic rings. The minimum Gasteiger partial charge on any atom is -0.399 e. The third-order valence-electron chi connectivity index (χ3n) is 2.33. The standard InChI is InChI=1S/C13H10ClF2NS/c14-10-6-9(17)2-4-13(10)18-7-8-1-3-11(15)12(16)5-8/h1-6H,7,17H2. The Hall–Kier alpha value is -1.26. The first kappa shape index (κ1) is 13.2. The maximum absolute atomic E-state index is 13.0. The van der Waals surface area contributed by atoms with Gasteiger partial charge in [0, 0.05) is 16.3 Å². The van der Waals surface area contributed by atoms with E-state index in [4.69, 9.17) is 17.3 Å². The van der Waals surface area contributed by atoms with Crippen LogP contribution in [0.25, 0.3) is 0 Å². The Bertz CT molecular complexity index is 575. The van der Waals surface area contributed by atoms with Gasteiger partial charge >= 0.3 is 0 Å². The van der Waals surface area contributed by atoms with E-state index in [2.05, 4.69) is 0 Å². The number of rotatable bonds is 3. The number of anilines is 1. The Labute approximate surface area is 113 Å². The number of hydrogen-bond donors (Lipinski definition) is 1. The van der Waals surface area contributed by atoms with Crippen molar-refractivity contribution in [3.05, 3.63) is 58.6 Å². The monoisotopic (exact) mass is 285 g/mol. The molecule has 0 aliphatic carbocycles. The van der Waals surface area contributed by atoms with Gasteiger partial charge < -0.3 is 5.73 Å². The van der Waals surface area contributed by atoms with Gasteiger partial charge in [0.15, 0.2) is 11.6 Å². The summed E-state index contributed by atoms with van der Waals surface area (Å²) in [6.07, 6.45) is 0. The molecule has 0 saturated heterocycles. The van der Waals surface area contributed by atoms with Crippen molar-refractivity contribution in [3.63, 3.8) is 0 Å². The third kappa shape index (κ3) is 3.15. The van der Waals surface area contributed by atoms with Crippen molar-refractivity contribution in [2.24, 2.45) is 0 Å². The summed E-state index contributed by atoms with van der Waals surface area (Å²) in [6.45, 7) is 0. The second-order valence-corrected chi connectivity index (χ2v) is 5.15. The second kappa shape index (κ2) is 5.59. The average Bonchev–Trinajstić information content (AvgIpc) is 2.32. The molecule has 0 aromatic heterocycles. The first-order chi connectivity index (χ1) is 8.56. The first-order valence-corrected chi connectivity index (χ1v) is 6.54. The van der Waals surface area contributed by atoms with Crippen LogP contribution in [0.5, 0.6) is 0 Å². The van der Waals surface area contributed by atoms with Gasteiger partial charge in [0.2, 0.25) is 0 Å². The Kier molecular flexibility index (Phi) is 4.09. The lowest BCUT2D eigenvalue weighted by Crippen LogP contribution is -1.88. The fourth-order valence-corrected chi connectivity index (χ4v) is 2.64. The van der Waals surface area contributed by atoms with Gasteiger partial charge in [-0.25, -0.2) is 8.78 Å². The largest absolute Gasteiger partial charge is 0.399 e. The van der Waals surface area contributed by atoms with Crippen molar-refractivity contribution < 1.29 is 8.78 Å². The van der Waals surface area contributed by atoms with E-state index in [0.717, 1.165) is 11.0 Å². The third-order valence-corrected chi connectivity index (χ3v) is 3.90. The van der Waals surface area contributed by atoms with Crippen LogP contribution in [0.4, 0.5) is 14.5 Å². The summed E-state index contributed by atoms with van der Waals surface area (Å²) in [4.78, 5) is 0.857. The summed E-state index contributed by atoms with van der Waals surface area (Å²) >= 11 is 7.46. The summed E-state index contributed by atoms with van der Waals surface area (Å²) in [6, 6.07) is 9.08. The number of halogens is 3. The van der Waals surface area contributed by atoms with Crippen LogP contribution in [-0.2, 0) is 5.75 Å². The minimum absolute atomic E-state index is 0.515. The van der Waals surface area contributed by atoms with Crippen molar-refractivity contribution in [2.75, 3.05) is 5.73 Å². The van der Waals surface area contributed by atoms with Crippen LogP contribution in [-0.4, -0.2) is 0 Å². The highest BCUT2D eigenvalue weighted by Crippen LogP contribution is 2.31. The fourth-order valence-electron chi connectivity index (χ4n) is 1.42. The summed E-state index contributed by atoms with van der Waals surface area (Å²) in [5.74, 6) is -1.16. The minimum atomic E-state index is -0.839. The van der Waals surface area contributed by atoms with E-state index in [1.807, 2.05) is 6.07 Å². The number of thioether (sulfide) groups is 1. The second-order valence-electron chi connectivity index (χ2n) is 3.73. The van der Waals surface area contributed by atoms with Gasteiger partial charge in [0.05, 0.1) is 5.02 Å². The predicted molar refractivity (Wildman–Crippen MR) is 71.8 cm³/mol. The Morgan fingerprint density at radius 2 is 1.83 bits per heavy atom. The molecular weight excluding hydrogens is 276 g/mol. The Morgan fingerprint density at radius 3 is 2.50 bits per heavy atom. The number of hydrogen-bond acceptors (Lipinski definition) is 2. The van der Waals surface area contributed by atoms with Crippen LogP contribution >= 0.6 is 23.4 Å². The van der Waals surface area contributed by atoms with Gasteiger partial charge in [-0.2, -0.15) is 0 Å². The van der Waals surface area contributed by atoms with Crippen LogP contribution in [0.1, 0.15) is 5.56 Å². The highest BCUT2D eigenvalue weighted by molar-refractivity contribution is 7.98. The molecule has 0 saturated carbocycles. The van der Waals surface area contributed by atoms with E-state index < -0.39 is 11.6 Å². The lowest BCUT2D eigenvalue weighted by molar-refractivity contribution is 0.507. The molecular formula is C13H10ClF2NS. The molecule has 0 atom stereocenters. The maximum Gasteiger partial charge on any atom is 0.159 e. The van der Waals surface area contributed by atoms with E-state index >= 15 is 0 Å².